The van der Waals surface area contributed by atoms with Crippen LogP contribution in [0, 0.1) is 0 Å². The van der Waals surface area contributed by atoms with Gasteiger partial charge in [-0.25, -0.2) is 9.59 Å². The highest BCUT2D eigenvalue weighted by atomic mass is 35.5. The van der Waals surface area contributed by atoms with E-state index in [2.05, 4.69) is 10.6 Å². The number of aliphatic hydroxyl groups excluding tert-OH is 1. The zero-order chi connectivity index (χ0) is 16.0. The maximum atomic E-state index is 11.7. The SMILES string of the molecule is COc1cc(OC)c(NC(=O)N[C@@H](CO)C(=O)O)cc1Cl. The van der Waals surface area contributed by atoms with Crippen molar-refractivity contribution in [1.29, 1.82) is 0 Å². The van der Waals surface area contributed by atoms with Gasteiger partial charge in [0, 0.05) is 6.07 Å². The summed E-state index contributed by atoms with van der Waals surface area (Å²) in [6.45, 7) is -0.733. The van der Waals surface area contributed by atoms with Crippen LogP contribution in [0.15, 0.2) is 12.1 Å². The Labute approximate surface area is 125 Å². The molecule has 0 aromatic heterocycles. The van der Waals surface area contributed by atoms with Crippen molar-refractivity contribution < 1.29 is 29.3 Å². The van der Waals surface area contributed by atoms with E-state index in [1.54, 1.807) is 0 Å². The van der Waals surface area contributed by atoms with Crippen molar-refractivity contribution in [3.8, 4) is 11.5 Å². The summed E-state index contributed by atoms with van der Waals surface area (Å²) in [7, 11) is 2.82. The van der Waals surface area contributed by atoms with E-state index >= 15 is 0 Å². The van der Waals surface area contributed by atoms with Gasteiger partial charge in [-0.05, 0) is 6.07 Å². The molecule has 0 spiro atoms. The van der Waals surface area contributed by atoms with Crippen molar-refractivity contribution >= 4 is 29.3 Å². The molecule has 1 aromatic carbocycles. The van der Waals surface area contributed by atoms with Crippen LogP contribution in [0.1, 0.15) is 0 Å². The van der Waals surface area contributed by atoms with Crippen LogP contribution in [-0.4, -0.2) is 49.1 Å². The molecule has 2 amide bonds. The predicted octanol–water partition coefficient (Wildman–Crippen LogP) is 0.924. The number of ether oxygens (including phenoxy) is 2. The number of carbonyl (C=O) groups is 2. The lowest BCUT2D eigenvalue weighted by Gasteiger charge is -2.15. The van der Waals surface area contributed by atoms with E-state index in [0.29, 0.717) is 5.75 Å². The van der Waals surface area contributed by atoms with E-state index in [1.165, 1.54) is 26.4 Å². The Morgan fingerprint density at radius 3 is 2.38 bits per heavy atom. The molecule has 1 aromatic rings. The number of methoxy groups -OCH3 is 2. The topological polar surface area (TPSA) is 117 Å². The number of carboxylic acids is 1. The molecule has 8 nitrogen and oxygen atoms in total. The minimum absolute atomic E-state index is 0.225. The first-order valence-corrected chi connectivity index (χ1v) is 6.13. The normalized spacial score (nSPS) is 11.4. The third-order valence-electron chi connectivity index (χ3n) is 2.51. The van der Waals surface area contributed by atoms with Crippen molar-refractivity contribution in [2.24, 2.45) is 0 Å². The summed E-state index contributed by atoms with van der Waals surface area (Å²) in [6, 6.07) is 0.632. The maximum Gasteiger partial charge on any atom is 0.328 e. The number of hydrogen-bond acceptors (Lipinski definition) is 5. The van der Waals surface area contributed by atoms with Crippen LogP contribution in [-0.2, 0) is 4.79 Å². The number of amides is 2. The first-order valence-electron chi connectivity index (χ1n) is 5.75. The second-order valence-corrected chi connectivity index (χ2v) is 4.27. The van der Waals surface area contributed by atoms with Crippen molar-refractivity contribution in [3.63, 3.8) is 0 Å². The van der Waals surface area contributed by atoms with E-state index < -0.39 is 24.6 Å². The Kier molecular flexibility index (Phi) is 6.07. The number of urea groups is 1. The Balaban J connectivity index is 2.89. The quantitative estimate of drug-likeness (QED) is 0.619. The van der Waals surface area contributed by atoms with Gasteiger partial charge in [0.2, 0.25) is 0 Å². The average Bonchev–Trinajstić information content (AvgIpc) is 2.44. The summed E-state index contributed by atoms with van der Waals surface area (Å²) in [5.74, 6) is -0.715. The molecule has 0 aliphatic rings. The number of benzene rings is 1. The smallest absolute Gasteiger partial charge is 0.328 e. The van der Waals surface area contributed by atoms with Gasteiger partial charge in [-0.1, -0.05) is 11.6 Å². The summed E-state index contributed by atoms with van der Waals surface area (Å²) in [6.07, 6.45) is 0. The number of aliphatic carboxylic acids is 1. The number of anilines is 1. The van der Waals surface area contributed by atoms with Gasteiger partial charge in [0.25, 0.3) is 0 Å². The lowest BCUT2D eigenvalue weighted by atomic mass is 10.2. The molecule has 116 valence electrons. The highest BCUT2D eigenvalue weighted by molar-refractivity contribution is 6.32. The fourth-order valence-electron chi connectivity index (χ4n) is 1.46. The van der Waals surface area contributed by atoms with Gasteiger partial charge >= 0.3 is 12.0 Å². The first kappa shape index (κ1) is 16.9. The summed E-state index contributed by atoms with van der Waals surface area (Å²) in [4.78, 5) is 22.4. The molecule has 0 aliphatic heterocycles. The summed E-state index contributed by atoms with van der Waals surface area (Å²) in [5, 5.41) is 22.3. The molecule has 0 saturated carbocycles. The van der Waals surface area contributed by atoms with E-state index in [4.69, 9.17) is 31.3 Å². The van der Waals surface area contributed by atoms with Crippen LogP contribution in [0.5, 0.6) is 11.5 Å². The average molecular weight is 319 g/mol. The first-order chi connectivity index (χ1) is 9.92. The number of rotatable bonds is 6. The van der Waals surface area contributed by atoms with Crippen LogP contribution in [0.3, 0.4) is 0 Å². The number of carboxylic acid groups (broad SMARTS) is 1. The molecule has 9 heteroatoms. The lowest BCUT2D eigenvalue weighted by molar-refractivity contribution is -0.140. The molecule has 4 N–H and O–H groups in total. The highest BCUT2D eigenvalue weighted by Gasteiger charge is 2.20. The van der Waals surface area contributed by atoms with E-state index in [1.807, 2.05) is 0 Å². The number of carbonyl (C=O) groups excluding carboxylic acids is 1. The fraction of sp³-hybridized carbons (Fsp3) is 0.333. The predicted molar refractivity (Wildman–Crippen MR) is 75.2 cm³/mol. The van der Waals surface area contributed by atoms with Gasteiger partial charge in [-0.3, -0.25) is 0 Å². The third kappa shape index (κ3) is 4.40. The molecule has 1 rings (SSSR count). The number of hydrogen-bond donors (Lipinski definition) is 4. The Hall–Kier alpha value is -2.19. The summed E-state index contributed by atoms with van der Waals surface area (Å²) < 4.78 is 10.1. The highest BCUT2D eigenvalue weighted by Crippen LogP contribution is 2.35. The van der Waals surface area contributed by atoms with Crippen molar-refractivity contribution in [1.82, 2.24) is 5.32 Å². The molecule has 21 heavy (non-hydrogen) atoms. The molecule has 0 unspecified atom stereocenters. The van der Waals surface area contributed by atoms with Crippen LogP contribution in [0.25, 0.3) is 0 Å². The zero-order valence-corrected chi connectivity index (χ0v) is 12.1. The second kappa shape index (κ2) is 7.55. The Morgan fingerprint density at radius 2 is 1.90 bits per heavy atom. The van der Waals surface area contributed by atoms with E-state index in [9.17, 15) is 9.59 Å². The van der Waals surface area contributed by atoms with Gasteiger partial charge < -0.3 is 30.3 Å². The van der Waals surface area contributed by atoms with Gasteiger partial charge in [0.15, 0.2) is 6.04 Å². The molecule has 0 aliphatic carbocycles. The summed E-state index contributed by atoms with van der Waals surface area (Å²) in [5.41, 5.74) is 0.225. The largest absolute Gasteiger partial charge is 0.495 e. The fourth-order valence-corrected chi connectivity index (χ4v) is 1.70. The van der Waals surface area contributed by atoms with Crippen LogP contribution < -0.4 is 20.1 Å². The second-order valence-electron chi connectivity index (χ2n) is 3.86. The van der Waals surface area contributed by atoms with E-state index in [0.717, 1.165) is 0 Å². The third-order valence-corrected chi connectivity index (χ3v) is 2.80. The molecule has 1 atom stereocenters. The van der Waals surface area contributed by atoms with Crippen LogP contribution in [0.2, 0.25) is 5.02 Å². The number of aliphatic hydroxyl groups is 1. The van der Waals surface area contributed by atoms with Gasteiger partial charge in [-0.15, -0.1) is 0 Å². The Bertz CT molecular complexity index is 537. The van der Waals surface area contributed by atoms with Crippen molar-refractivity contribution in [2.45, 2.75) is 6.04 Å². The molecular formula is C12H15ClN2O6. The van der Waals surface area contributed by atoms with Crippen LogP contribution in [0.4, 0.5) is 10.5 Å². The van der Waals surface area contributed by atoms with Gasteiger partial charge in [-0.2, -0.15) is 0 Å². The van der Waals surface area contributed by atoms with E-state index in [-0.39, 0.29) is 16.5 Å². The maximum absolute atomic E-state index is 11.7. The molecule has 0 bridgehead atoms. The number of nitrogens with one attached hydrogen (secondary N) is 2. The van der Waals surface area contributed by atoms with Crippen molar-refractivity contribution in [2.75, 3.05) is 26.1 Å². The molecule has 0 radical (unpaired) electrons. The van der Waals surface area contributed by atoms with Crippen LogP contribution >= 0.6 is 11.6 Å². The Morgan fingerprint density at radius 1 is 1.29 bits per heavy atom. The van der Waals surface area contributed by atoms with Gasteiger partial charge in [0.05, 0.1) is 31.5 Å². The summed E-state index contributed by atoms with van der Waals surface area (Å²) >= 11 is 5.94. The molecule has 0 fully saturated rings. The molecule has 0 heterocycles. The molecule has 0 saturated heterocycles. The minimum atomic E-state index is -1.41. The number of halogens is 1. The minimum Gasteiger partial charge on any atom is -0.495 e. The van der Waals surface area contributed by atoms with Gasteiger partial charge in [0.1, 0.15) is 11.5 Å². The monoisotopic (exact) mass is 318 g/mol. The standard InChI is InChI=1S/C12H15ClN2O6/c1-20-9-4-10(21-2)7(3-6(9)13)14-12(19)15-8(5-16)11(17)18/h3-4,8,16H,5H2,1-2H3,(H,17,18)(H2,14,15,19)/t8-/m0/s1. The molecular weight excluding hydrogens is 304 g/mol. The lowest BCUT2D eigenvalue weighted by Crippen LogP contribution is -2.45. The zero-order valence-electron chi connectivity index (χ0n) is 11.3. The van der Waals surface area contributed by atoms with Crippen molar-refractivity contribution in [3.05, 3.63) is 17.2 Å².